The minimum atomic E-state index is 0.129. The summed E-state index contributed by atoms with van der Waals surface area (Å²) in [5.41, 5.74) is 14.7. The summed E-state index contributed by atoms with van der Waals surface area (Å²) in [5, 5.41) is 0. The maximum absolute atomic E-state index is 3.30. The Hall–Kier alpha value is -3.78. The quantitative estimate of drug-likeness (QED) is 0.489. The van der Waals surface area contributed by atoms with E-state index in [-0.39, 0.29) is 11.8 Å². The van der Waals surface area contributed by atoms with E-state index in [0.717, 1.165) is 0 Å². The zero-order chi connectivity index (χ0) is 19.7. The van der Waals surface area contributed by atoms with Crippen LogP contribution in [-0.4, -0.2) is 0 Å². The second-order valence-electron chi connectivity index (χ2n) is 6.95. The van der Waals surface area contributed by atoms with Crippen LogP contribution in [0.15, 0.2) is 155 Å². The molecule has 0 heterocycles. The molecule has 4 rings (SSSR count). The molecule has 1 aromatic rings. The fourth-order valence-electron chi connectivity index (χ4n) is 3.83. The van der Waals surface area contributed by atoms with E-state index in [1.165, 1.54) is 22.3 Å². The van der Waals surface area contributed by atoms with Gasteiger partial charge in [0, 0.05) is 11.8 Å². The zero-order valence-electron chi connectivity index (χ0n) is 16.2. The third-order valence-corrected chi connectivity index (χ3v) is 5.12. The lowest BCUT2D eigenvalue weighted by atomic mass is 9.72. The van der Waals surface area contributed by atoms with Crippen LogP contribution in [0.2, 0.25) is 0 Å². The zero-order valence-corrected chi connectivity index (χ0v) is 16.2. The molecule has 0 saturated carbocycles. The summed E-state index contributed by atoms with van der Waals surface area (Å²) in [6.07, 6.45) is 31.1. The maximum Gasteiger partial charge on any atom is 0.0205 e. The van der Waals surface area contributed by atoms with Gasteiger partial charge >= 0.3 is 0 Å². The van der Waals surface area contributed by atoms with E-state index in [1.807, 2.05) is 36.5 Å². The molecule has 1 aromatic carbocycles. The Morgan fingerprint density at radius 1 is 0.517 bits per heavy atom. The first kappa shape index (κ1) is 18.6. The molecule has 29 heavy (non-hydrogen) atoms. The van der Waals surface area contributed by atoms with Crippen molar-refractivity contribution in [3.05, 3.63) is 161 Å². The van der Waals surface area contributed by atoms with Crippen molar-refractivity contribution in [3.8, 4) is 0 Å². The molecule has 1 unspecified atom stereocenters. The molecule has 0 aliphatic heterocycles. The molecular weight excluding hydrogens is 348 g/mol. The van der Waals surface area contributed by atoms with Crippen LogP contribution >= 0.6 is 0 Å². The van der Waals surface area contributed by atoms with Crippen molar-refractivity contribution in [3.63, 3.8) is 0 Å². The van der Waals surface area contributed by atoms with E-state index in [4.69, 9.17) is 0 Å². The summed E-state index contributed by atoms with van der Waals surface area (Å²) >= 11 is 0. The number of allylic oxidation sites excluding steroid dienone is 15. The second-order valence-corrected chi connectivity index (χ2v) is 6.95. The van der Waals surface area contributed by atoms with Gasteiger partial charge in [0.2, 0.25) is 0 Å². The fourth-order valence-corrected chi connectivity index (χ4v) is 3.83. The van der Waals surface area contributed by atoms with E-state index in [1.54, 1.807) is 0 Å². The molecule has 0 aromatic heterocycles. The molecule has 2 atom stereocenters. The highest BCUT2D eigenvalue weighted by atomic mass is 14.3. The standard InChI is InChI=1S/C29H22/c1-2-9-17-24(16-8-1)28(25-18-10-3-4-11-19-25)29(27-22-14-7-15-23-27)26-20-12-5-6-13-21-26/h1-3,5,7-8,10-23,28-29H/t28?,29-/m0/s1. The number of rotatable bonds is 5. The van der Waals surface area contributed by atoms with Gasteiger partial charge in [0.15, 0.2) is 0 Å². The fraction of sp³-hybridized carbons (Fsp3) is 0.0690. The lowest BCUT2D eigenvalue weighted by molar-refractivity contribution is 0.639. The number of hydrogen-bond donors (Lipinski definition) is 0. The predicted molar refractivity (Wildman–Crippen MR) is 122 cm³/mol. The van der Waals surface area contributed by atoms with E-state index in [9.17, 15) is 0 Å². The van der Waals surface area contributed by atoms with Crippen molar-refractivity contribution in [2.75, 3.05) is 0 Å². The Morgan fingerprint density at radius 3 is 1.90 bits per heavy atom. The van der Waals surface area contributed by atoms with Gasteiger partial charge in [-0.25, -0.2) is 0 Å². The van der Waals surface area contributed by atoms with E-state index in [0.29, 0.717) is 0 Å². The van der Waals surface area contributed by atoms with Gasteiger partial charge in [0.25, 0.3) is 0 Å². The molecule has 0 saturated heterocycles. The molecule has 0 radical (unpaired) electrons. The van der Waals surface area contributed by atoms with E-state index >= 15 is 0 Å². The molecule has 138 valence electrons. The summed E-state index contributed by atoms with van der Waals surface area (Å²) in [4.78, 5) is 0. The number of benzene rings is 1. The van der Waals surface area contributed by atoms with Gasteiger partial charge in [0.05, 0.1) is 0 Å². The van der Waals surface area contributed by atoms with Crippen LogP contribution in [0.3, 0.4) is 0 Å². The van der Waals surface area contributed by atoms with Gasteiger partial charge in [-0.15, -0.1) is 17.2 Å². The van der Waals surface area contributed by atoms with Crippen LogP contribution < -0.4 is 0 Å². The van der Waals surface area contributed by atoms with Crippen molar-refractivity contribution in [1.82, 2.24) is 0 Å². The van der Waals surface area contributed by atoms with Crippen molar-refractivity contribution >= 4 is 0 Å². The van der Waals surface area contributed by atoms with Crippen LogP contribution in [0.4, 0.5) is 0 Å². The van der Waals surface area contributed by atoms with Gasteiger partial charge in [-0.1, -0.05) is 85.0 Å². The lowest BCUT2D eigenvalue weighted by Crippen LogP contribution is -2.18. The summed E-state index contributed by atoms with van der Waals surface area (Å²) in [7, 11) is 0. The smallest absolute Gasteiger partial charge is 0.0205 e. The van der Waals surface area contributed by atoms with Gasteiger partial charge in [0.1, 0.15) is 0 Å². The summed E-state index contributed by atoms with van der Waals surface area (Å²) < 4.78 is 0. The predicted octanol–water partition coefficient (Wildman–Crippen LogP) is 7.01. The normalized spacial score (nSPS) is 18.6. The lowest BCUT2D eigenvalue weighted by Gasteiger charge is -2.31. The van der Waals surface area contributed by atoms with Crippen molar-refractivity contribution in [2.24, 2.45) is 5.92 Å². The minimum absolute atomic E-state index is 0.129. The van der Waals surface area contributed by atoms with Gasteiger partial charge in [-0.2, -0.15) is 0 Å². The first-order valence-corrected chi connectivity index (χ1v) is 9.86. The Bertz CT molecular complexity index is 1130. The second kappa shape index (κ2) is 9.43. The molecule has 3 aliphatic carbocycles. The van der Waals surface area contributed by atoms with E-state index in [2.05, 4.69) is 102 Å². The highest BCUT2D eigenvalue weighted by Crippen LogP contribution is 2.42. The topological polar surface area (TPSA) is 0 Å². The Kier molecular flexibility index (Phi) is 6.04. The monoisotopic (exact) mass is 370 g/mol. The van der Waals surface area contributed by atoms with Crippen LogP contribution in [0.1, 0.15) is 11.5 Å². The Labute approximate surface area is 173 Å². The van der Waals surface area contributed by atoms with E-state index < -0.39 is 0 Å². The molecule has 0 fully saturated rings. The third kappa shape index (κ3) is 4.56. The molecule has 0 N–H and O–H groups in total. The summed E-state index contributed by atoms with van der Waals surface area (Å²) in [6.45, 7) is 0. The van der Waals surface area contributed by atoms with Crippen LogP contribution in [0.25, 0.3) is 0 Å². The molecule has 0 amide bonds. The van der Waals surface area contributed by atoms with Gasteiger partial charge in [-0.05, 0) is 58.7 Å². The molecule has 0 bridgehead atoms. The minimum Gasteiger partial charge on any atom is -0.121 e. The van der Waals surface area contributed by atoms with Crippen LogP contribution in [0, 0.1) is 5.92 Å². The average Bonchev–Trinajstić information content (AvgIpc) is 3.29. The van der Waals surface area contributed by atoms with Crippen molar-refractivity contribution in [2.45, 2.75) is 5.92 Å². The number of hydrogen-bond acceptors (Lipinski definition) is 0. The maximum atomic E-state index is 3.30. The van der Waals surface area contributed by atoms with Gasteiger partial charge in [-0.3, -0.25) is 0 Å². The molecule has 0 spiro atoms. The molecule has 3 aliphatic rings. The van der Waals surface area contributed by atoms with Gasteiger partial charge < -0.3 is 0 Å². The summed E-state index contributed by atoms with van der Waals surface area (Å²) in [5.74, 6) is 0.277. The van der Waals surface area contributed by atoms with Crippen LogP contribution in [-0.2, 0) is 0 Å². The molecule has 0 heteroatoms. The molecular formula is C29H22. The third-order valence-electron chi connectivity index (χ3n) is 5.12. The van der Waals surface area contributed by atoms with Crippen molar-refractivity contribution in [1.29, 1.82) is 0 Å². The highest BCUT2D eigenvalue weighted by Gasteiger charge is 2.30. The molecule has 0 nitrogen and oxygen atoms in total. The Balaban J connectivity index is 1.92. The highest BCUT2D eigenvalue weighted by molar-refractivity contribution is 5.50. The first-order chi connectivity index (χ1) is 14.4. The largest absolute Gasteiger partial charge is 0.121 e. The Morgan fingerprint density at radius 2 is 1.17 bits per heavy atom. The SMILES string of the molecule is C1=CC=CC(C(C2=CC=CC=C=C2)[C@@H](C2=CC=C=CC=C2)c2ccccc2)=CC=1. The average molecular weight is 370 g/mol. The summed E-state index contributed by atoms with van der Waals surface area (Å²) in [6, 6.07) is 10.7. The van der Waals surface area contributed by atoms with Crippen molar-refractivity contribution < 1.29 is 0 Å². The first-order valence-electron chi connectivity index (χ1n) is 9.86. The van der Waals surface area contributed by atoms with Crippen LogP contribution in [0.5, 0.6) is 0 Å².